The monoisotopic (exact) mass is 185 g/mol. The van der Waals surface area contributed by atoms with E-state index in [4.69, 9.17) is 0 Å². The lowest BCUT2D eigenvalue weighted by molar-refractivity contribution is -0.123. The predicted octanol–water partition coefficient (Wildman–Crippen LogP) is -0.585. The standard InChI is InChI=1S/C9H19N3O/c1-7(2)12-5-4-11-8(6-12)9(13)10-3/h7-8,11H,4-6H2,1-3H3,(H,10,13)/t8-/m1/s1. The van der Waals surface area contributed by atoms with E-state index in [1.165, 1.54) is 0 Å². The van der Waals surface area contributed by atoms with Gasteiger partial charge < -0.3 is 10.6 Å². The summed E-state index contributed by atoms with van der Waals surface area (Å²) < 4.78 is 0. The smallest absolute Gasteiger partial charge is 0.238 e. The molecule has 1 aliphatic heterocycles. The maximum atomic E-state index is 11.3. The van der Waals surface area contributed by atoms with Gasteiger partial charge in [0, 0.05) is 32.7 Å². The van der Waals surface area contributed by atoms with Gasteiger partial charge in [0.15, 0.2) is 0 Å². The molecule has 1 atom stereocenters. The molecule has 0 aromatic rings. The third-order valence-electron chi connectivity index (χ3n) is 2.50. The van der Waals surface area contributed by atoms with Crippen molar-refractivity contribution in [1.29, 1.82) is 0 Å². The molecule has 0 saturated carbocycles. The van der Waals surface area contributed by atoms with Crippen LogP contribution >= 0.6 is 0 Å². The fourth-order valence-corrected chi connectivity index (χ4v) is 1.59. The van der Waals surface area contributed by atoms with E-state index in [0.717, 1.165) is 19.6 Å². The number of nitrogens with one attached hydrogen (secondary N) is 2. The molecule has 2 N–H and O–H groups in total. The van der Waals surface area contributed by atoms with Crippen LogP contribution in [0.2, 0.25) is 0 Å². The van der Waals surface area contributed by atoms with Crippen LogP contribution in [-0.2, 0) is 4.79 Å². The maximum Gasteiger partial charge on any atom is 0.238 e. The van der Waals surface area contributed by atoms with Gasteiger partial charge in [0.2, 0.25) is 5.91 Å². The van der Waals surface area contributed by atoms with E-state index in [2.05, 4.69) is 29.4 Å². The van der Waals surface area contributed by atoms with Crippen LogP contribution in [0.25, 0.3) is 0 Å². The second-order valence-corrected chi connectivity index (χ2v) is 3.71. The quantitative estimate of drug-likeness (QED) is 0.604. The van der Waals surface area contributed by atoms with Gasteiger partial charge in [0.25, 0.3) is 0 Å². The van der Waals surface area contributed by atoms with Gasteiger partial charge in [-0.1, -0.05) is 0 Å². The Morgan fingerprint density at radius 3 is 2.85 bits per heavy atom. The van der Waals surface area contributed by atoms with Crippen LogP contribution in [0.4, 0.5) is 0 Å². The van der Waals surface area contributed by atoms with Gasteiger partial charge in [-0.25, -0.2) is 0 Å². The highest BCUT2D eigenvalue weighted by molar-refractivity contribution is 5.81. The Morgan fingerprint density at radius 2 is 2.31 bits per heavy atom. The topological polar surface area (TPSA) is 44.4 Å². The number of hydrogen-bond acceptors (Lipinski definition) is 3. The van der Waals surface area contributed by atoms with Crippen LogP contribution in [0.1, 0.15) is 13.8 Å². The number of hydrogen-bond donors (Lipinski definition) is 2. The van der Waals surface area contributed by atoms with Crippen LogP contribution in [0.5, 0.6) is 0 Å². The molecule has 4 heteroatoms. The molecule has 1 heterocycles. The van der Waals surface area contributed by atoms with Crippen molar-refractivity contribution in [3.8, 4) is 0 Å². The van der Waals surface area contributed by atoms with Crippen LogP contribution in [-0.4, -0.2) is 49.6 Å². The van der Waals surface area contributed by atoms with Gasteiger partial charge in [-0.2, -0.15) is 0 Å². The third kappa shape index (κ3) is 2.67. The molecule has 0 unspecified atom stereocenters. The molecule has 4 nitrogen and oxygen atoms in total. The Labute approximate surface area is 79.7 Å². The first kappa shape index (κ1) is 10.5. The van der Waals surface area contributed by atoms with E-state index in [1.54, 1.807) is 7.05 Å². The van der Waals surface area contributed by atoms with Crippen LogP contribution in [0.15, 0.2) is 0 Å². The number of carbonyl (C=O) groups excluding carboxylic acids is 1. The first-order valence-electron chi connectivity index (χ1n) is 4.84. The SMILES string of the molecule is CNC(=O)[C@H]1CN(C(C)C)CCN1. The number of rotatable bonds is 2. The average molecular weight is 185 g/mol. The molecule has 0 aromatic carbocycles. The van der Waals surface area contributed by atoms with Crippen molar-refractivity contribution in [2.24, 2.45) is 0 Å². The molecule has 0 radical (unpaired) electrons. The molecule has 0 aromatic heterocycles. The number of likely N-dealkylation sites (N-methyl/N-ethyl adjacent to an activating group) is 1. The van der Waals surface area contributed by atoms with Gasteiger partial charge in [-0.3, -0.25) is 9.69 Å². The lowest BCUT2D eigenvalue weighted by Gasteiger charge is -2.35. The van der Waals surface area contributed by atoms with Crippen LogP contribution in [0.3, 0.4) is 0 Å². The zero-order valence-electron chi connectivity index (χ0n) is 8.63. The van der Waals surface area contributed by atoms with Crippen molar-refractivity contribution in [3.05, 3.63) is 0 Å². The Kier molecular flexibility index (Phi) is 3.69. The Morgan fingerprint density at radius 1 is 1.62 bits per heavy atom. The zero-order chi connectivity index (χ0) is 9.84. The van der Waals surface area contributed by atoms with Crippen molar-refractivity contribution in [2.45, 2.75) is 25.9 Å². The summed E-state index contributed by atoms with van der Waals surface area (Å²) in [5, 5.41) is 5.87. The minimum absolute atomic E-state index is 0.0406. The summed E-state index contributed by atoms with van der Waals surface area (Å²) in [5.74, 6) is 0.0883. The summed E-state index contributed by atoms with van der Waals surface area (Å²) in [7, 11) is 1.68. The second-order valence-electron chi connectivity index (χ2n) is 3.71. The molecule has 1 amide bonds. The van der Waals surface area contributed by atoms with Crippen LogP contribution < -0.4 is 10.6 Å². The first-order chi connectivity index (χ1) is 6.15. The fraction of sp³-hybridized carbons (Fsp3) is 0.889. The van der Waals surface area contributed by atoms with Gasteiger partial charge in [-0.05, 0) is 13.8 Å². The van der Waals surface area contributed by atoms with Crippen molar-refractivity contribution < 1.29 is 4.79 Å². The molecule has 13 heavy (non-hydrogen) atoms. The molecule has 0 spiro atoms. The molecule has 0 bridgehead atoms. The zero-order valence-corrected chi connectivity index (χ0v) is 8.63. The summed E-state index contributed by atoms with van der Waals surface area (Å²) in [6.45, 7) is 7.07. The average Bonchev–Trinajstić information content (AvgIpc) is 2.17. The largest absolute Gasteiger partial charge is 0.358 e. The summed E-state index contributed by atoms with van der Waals surface area (Å²) in [5.41, 5.74) is 0. The van der Waals surface area contributed by atoms with Gasteiger partial charge in [-0.15, -0.1) is 0 Å². The lowest BCUT2D eigenvalue weighted by Crippen LogP contribution is -2.58. The Hall–Kier alpha value is -0.610. The molecular formula is C9H19N3O. The molecule has 0 aliphatic carbocycles. The summed E-state index contributed by atoms with van der Waals surface area (Å²) >= 11 is 0. The van der Waals surface area contributed by atoms with E-state index >= 15 is 0 Å². The third-order valence-corrected chi connectivity index (χ3v) is 2.50. The fourth-order valence-electron chi connectivity index (χ4n) is 1.59. The van der Waals surface area contributed by atoms with Crippen LogP contribution in [0, 0.1) is 0 Å². The summed E-state index contributed by atoms with van der Waals surface area (Å²) in [6, 6.07) is 0.482. The Balaban J connectivity index is 2.46. The first-order valence-corrected chi connectivity index (χ1v) is 4.84. The van der Waals surface area contributed by atoms with Gasteiger partial charge in [0.1, 0.15) is 0 Å². The minimum Gasteiger partial charge on any atom is -0.358 e. The maximum absolute atomic E-state index is 11.3. The molecule has 1 aliphatic rings. The molecular weight excluding hydrogens is 166 g/mol. The van der Waals surface area contributed by atoms with Crippen molar-refractivity contribution >= 4 is 5.91 Å². The van der Waals surface area contributed by atoms with Crippen molar-refractivity contribution in [2.75, 3.05) is 26.7 Å². The number of nitrogens with zero attached hydrogens (tertiary/aromatic N) is 1. The van der Waals surface area contributed by atoms with Crippen molar-refractivity contribution in [1.82, 2.24) is 15.5 Å². The summed E-state index contributed by atoms with van der Waals surface area (Å²) in [6.07, 6.45) is 0. The van der Waals surface area contributed by atoms with Gasteiger partial charge >= 0.3 is 0 Å². The Bertz CT molecular complexity index is 182. The molecule has 76 valence electrons. The van der Waals surface area contributed by atoms with Crippen molar-refractivity contribution in [3.63, 3.8) is 0 Å². The number of carbonyl (C=O) groups is 1. The lowest BCUT2D eigenvalue weighted by atomic mass is 10.1. The predicted molar refractivity (Wildman–Crippen MR) is 52.6 cm³/mol. The summed E-state index contributed by atoms with van der Waals surface area (Å²) in [4.78, 5) is 13.7. The van der Waals surface area contributed by atoms with E-state index in [-0.39, 0.29) is 11.9 Å². The van der Waals surface area contributed by atoms with E-state index < -0.39 is 0 Å². The van der Waals surface area contributed by atoms with E-state index in [9.17, 15) is 4.79 Å². The molecule has 1 fully saturated rings. The van der Waals surface area contributed by atoms with E-state index in [1.807, 2.05) is 0 Å². The molecule has 1 saturated heterocycles. The van der Waals surface area contributed by atoms with Gasteiger partial charge in [0.05, 0.1) is 6.04 Å². The highest BCUT2D eigenvalue weighted by Crippen LogP contribution is 2.03. The normalized spacial score (nSPS) is 24.8. The highest BCUT2D eigenvalue weighted by Gasteiger charge is 2.25. The number of piperazine rings is 1. The minimum atomic E-state index is -0.0406. The van der Waals surface area contributed by atoms with E-state index in [0.29, 0.717) is 6.04 Å². The highest BCUT2D eigenvalue weighted by atomic mass is 16.2. The second kappa shape index (κ2) is 4.58. The molecule has 1 rings (SSSR count). The number of amides is 1.